The van der Waals surface area contributed by atoms with E-state index in [1.165, 1.54) is 10.2 Å². The van der Waals surface area contributed by atoms with Gasteiger partial charge in [0, 0.05) is 0 Å². The van der Waals surface area contributed by atoms with Crippen LogP contribution in [0.25, 0.3) is 0 Å². The van der Waals surface area contributed by atoms with Gasteiger partial charge in [-0.05, 0) is 0 Å². The van der Waals surface area contributed by atoms with Crippen LogP contribution in [-0.2, 0) is 18.3 Å². The van der Waals surface area contributed by atoms with Gasteiger partial charge in [-0.1, -0.05) is 0 Å². The van der Waals surface area contributed by atoms with Crippen LogP contribution >= 0.6 is 0 Å². The van der Waals surface area contributed by atoms with Crippen molar-refractivity contribution in [1.82, 2.24) is 0 Å². The predicted octanol–water partition coefficient (Wildman–Crippen LogP) is -1.69. The van der Waals surface area contributed by atoms with E-state index in [4.69, 9.17) is 0 Å². The van der Waals surface area contributed by atoms with Gasteiger partial charge in [0.25, 0.3) is 0 Å². The van der Waals surface area contributed by atoms with E-state index < -0.39 is 0 Å². The quantitative estimate of drug-likeness (QED) is 0.448. The molecule has 0 N–H and O–H groups in total. The summed E-state index contributed by atoms with van der Waals surface area (Å²) in [5.41, 5.74) is 1.06. The normalized spacial score (nSPS) is 8.80. The van der Waals surface area contributed by atoms with Crippen molar-refractivity contribution in [2.24, 2.45) is 0 Å². The molecular weight excluding hydrogens is 204 g/mol. The number of aryl methyl sites for hydroxylation is 1. The van der Waals surface area contributed by atoms with Crippen LogP contribution in [0, 0.1) is 12.7 Å². The molecule has 0 amide bonds. The summed E-state index contributed by atoms with van der Waals surface area (Å²) in [4.78, 5) is 0. The number of rotatable bonds is 0. The van der Waals surface area contributed by atoms with Crippen molar-refractivity contribution in [3.63, 3.8) is 0 Å². The van der Waals surface area contributed by atoms with Crippen molar-refractivity contribution in [2.75, 3.05) is 0 Å². The minimum absolute atomic E-state index is 0. The fourth-order valence-electron chi connectivity index (χ4n) is 0.659. The first-order valence-corrected chi connectivity index (χ1v) is 4.26. The van der Waals surface area contributed by atoms with Gasteiger partial charge in [-0.15, -0.1) is 0 Å². The Bertz CT molecular complexity index is 225. The van der Waals surface area contributed by atoms with E-state index in [9.17, 15) is 4.39 Å². The molecule has 0 radical (unpaired) electrons. The van der Waals surface area contributed by atoms with E-state index in [1.54, 1.807) is 6.07 Å². The molecule has 0 bridgehead atoms. The molecular formula is C7H6ClFZn. The molecule has 0 aliphatic carbocycles. The molecule has 3 heteroatoms. The molecule has 0 fully saturated rings. The Labute approximate surface area is 75.9 Å². The van der Waals surface area contributed by atoms with Gasteiger partial charge in [0.05, 0.1) is 0 Å². The van der Waals surface area contributed by atoms with Crippen LogP contribution in [-0.4, -0.2) is 0 Å². The smallest absolute Gasteiger partial charge is 1.00 e. The number of hydrogen-bond donors (Lipinski definition) is 0. The van der Waals surface area contributed by atoms with Gasteiger partial charge >= 0.3 is 63.4 Å². The summed E-state index contributed by atoms with van der Waals surface area (Å²) in [6.07, 6.45) is 0. The molecule has 1 rings (SSSR count). The van der Waals surface area contributed by atoms with E-state index in [0.717, 1.165) is 23.9 Å². The van der Waals surface area contributed by atoms with Crippen molar-refractivity contribution < 1.29 is 35.1 Å². The van der Waals surface area contributed by atoms with Crippen molar-refractivity contribution in [1.29, 1.82) is 0 Å². The average molecular weight is 210 g/mol. The van der Waals surface area contributed by atoms with Crippen LogP contribution in [0.1, 0.15) is 5.56 Å². The van der Waals surface area contributed by atoms with Crippen molar-refractivity contribution >= 4 is 4.16 Å². The Morgan fingerprint density at radius 1 is 1.40 bits per heavy atom. The maximum atomic E-state index is 12.4. The van der Waals surface area contributed by atoms with Crippen molar-refractivity contribution in [3.05, 3.63) is 29.6 Å². The summed E-state index contributed by atoms with van der Waals surface area (Å²) in [6, 6.07) is 4.91. The Balaban J connectivity index is 0.000000810. The summed E-state index contributed by atoms with van der Waals surface area (Å²) in [6.45, 7) is 1.93. The molecule has 0 spiro atoms. The molecule has 0 saturated carbocycles. The second kappa shape index (κ2) is 4.05. The first-order valence-electron chi connectivity index (χ1n) is 2.78. The summed E-state index contributed by atoms with van der Waals surface area (Å²) >= 11 is 1.10. The summed E-state index contributed by atoms with van der Waals surface area (Å²) in [5.74, 6) is -0.135. The molecule has 0 aromatic heterocycles. The fraction of sp³-hybridized carbons (Fsp3) is 0.143. The SMILES string of the molecule is Cc1cc(F)cc[c]1[Zn+].[Cl-]. The summed E-state index contributed by atoms with van der Waals surface area (Å²) in [7, 11) is 0. The van der Waals surface area contributed by atoms with E-state index in [2.05, 4.69) is 0 Å². The minimum atomic E-state index is -0.135. The van der Waals surface area contributed by atoms with E-state index >= 15 is 0 Å². The van der Waals surface area contributed by atoms with E-state index in [0.29, 0.717) is 0 Å². The maximum Gasteiger partial charge on any atom is -1.00 e. The zero-order chi connectivity index (χ0) is 6.85. The van der Waals surface area contributed by atoms with Crippen LogP contribution in [0.4, 0.5) is 4.39 Å². The van der Waals surface area contributed by atoms with Gasteiger partial charge in [-0.3, -0.25) is 0 Å². The molecule has 0 aliphatic heterocycles. The molecule has 0 aliphatic rings. The Morgan fingerprint density at radius 2 is 2.00 bits per heavy atom. The number of halogens is 2. The van der Waals surface area contributed by atoms with Crippen molar-refractivity contribution in [2.45, 2.75) is 6.92 Å². The molecule has 0 saturated heterocycles. The van der Waals surface area contributed by atoms with Crippen LogP contribution in [0.5, 0.6) is 0 Å². The Kier molecular flexibility index (Phi) is 4.08. The van der Waals surface area contributed by atoms with Gasteiger partial charge in [-0.25, -0.2) is 0 Å². The van der Waals surface area contributed by atoms with Crippen LogP contribution in [0.2, 0.25) is 0 Å². The molecule has 0 heterocycles. The second-order valence-corrected chi connectivity index (χ2v) is 3.67. The zero-order valence-corrected chi connectivity index (χ0v) is 9.42. The molecule has 0 unspecified atom stereocenters. The largest absolute Gasteiger partial charge is 1.00 e. The molecule has 1 aromatic rings. The van der Waals surface area contributed by atoms with Gasteiger partial charge in [0.1, 0.15) is 0 Å². The molecule has 0 atom stereocenters. The summed E-state index contributed by atoms with van der Waals surface area (Å²) < 4.78 is 13.6. The van der Waals surface area contributed by atoms with Gasteiger partial charge in [-0.2, -0.15) is 0 Å². The van der Waals surface area contributed by atoms with E-state index in [1.807, 2.05) is 13.0 Å². The zero-order valence-electron chi connectivity index (χ0n) is 5.70. The predicted molar refractivity (Wildman–Crippen MR) is 30.8 cm³/mol. The molecule has 1 aromatic carbocycles. The minimum Gasteiger partial charge on any atom is -1.00 e. The van der Waals surface area contributed by atoms with E-state index in [-0.39, 0.29) is 18.2 Å². The molecule has 10 heavy (non-hydrogen) atoms. The standard InChI is InChI=1S/C7H6F.ClH.Zn/c1-6-3-2-4-7(8)5-6;;/h2,4-5H,1H3;1H;/q;;+1/p-1. The Hall–Kier alpha value is 0.0634. The monoisotopic (exact) mass is 208 g/mol. The third-order valence-corrected chi connectivity index (χ3v) is 2.97. The first kappa shape index (κ1) is 10.1. The van der Waals surface area contributed by atoms with Gasteiger partial charge < -0.3 is 12.4 Å². The molecule has 50 valence electrons. The number of hydrogen-bond acceptors (Lipinski definition) is 0. The van der Waals surface area contributed by atoms with Gasteiger partial charge in [0.15, 0.2) is 0 Å². The van der Waals surface area contributed by atoms with Crippen LogP contribution in [0.3, 0.4) is 0 Å². The summed E-state index contributed by atoms with van der Waals surface area (Å²) in [5, 5.41) is 0. The van der Waals surface area contributed by atoms with Crippen LogP contribution in [0.15, 0.2) is 18.2 Å². The first-order chi connectivity index (χ1) is 4.20. The van der Waals surface area contributed by atoms with Gasteiger partial charge in [0.2, 0.25) is 0 Å². The topological polar surface area (TPSA) is 0 Å². The van der Waals surface area contributed by atoms with Crippen LogP contribution < -0.4 is 16.6 Å². The fourth-order valence-corrected chi connectivity index (χ4v) is 1.12. The molecule has 0 nitrogen and oxygen atoms in total. The third kappa shape index (κ3) is 2.36. The third-order valence-electron chi connectivity index (χ3n) is 1.30. The second-order valence-electron chi connectivity index (χ2n) is 2.07. The average Bonchev–Trinajstić information content (AvgIpc) is 1.80. The Morgan fingerprint density at radius 3 is 2.40 bits per heavy atom. The maximum absolute atomic E-state index is 12.4. The number of benzene rings is 1. The van der Waals surface area contributed by atoms with Crippen molar-refractivity contribution in [3.8, 4) is 0 Å².